The Kier molecular flexibility index (Phi) is 9.00. The lowest BCUT2D eigenvalue weighted by molar-refractivity contribution is -0.384. The minimum absolute atomic E-state index is 0.0801. The van der Waals surface area contributed by atoms with Crippen LogP contribution < -0.4 is 21.7 Å². The van der Waals surface area contributed by atoms with Gasteiger partial charge in [0.2, 0.25) is 11.8 Å². The number of nitro benzene ring substituents is 1. The van der Waals surface area contributed by atoms with Crippen molar-refractivity contribution in [1.82, 2.24) is 16.0 Å². The molecule has 0 aliphatic carbocycles. The third-order valence-corrected chi connectivity index (χ3v) is 3.47. The van der Waals surface area contributed by atoms with E-state index in [4.69, 9.17) is 10.5 Å². The van der Waals surface area contributed by atoms with Crippen molar-refractivity contribution in [2.24, 2.45) is 5.73 Å². The highest BCUT2D eigenvalue weighted by Crippen LogP contribution is 2.13. The Morgan fingerprint density at radius 3 is 2.31 bits per heavy atom. The largest absolute Gasteiger partial charge is 0.444 e. The Balaban J connectivity index is 2.74. The van der Waals surface area contributed by atoms with Crippen LogP contribution >= 0.6 is 0 Å². The number of ether oxygens (including phenoxy) is 1. The summed E-state index contributed by atoms with van der Waals surface area (Å²) in [5.74, 6) is -1.05. The van der Waals surface area contributed by atoms with Gasteiger partial charge in [0.25, 0.3) is 5.69 Å². The number of alkyl carbamates (subject to hydrolysis) is 1. The van der Waals surface area contributed by atoms with Crippen LogP contribution in [0.15, 0.2) is 24.3 Å². The zero-order valence-electron chi connectivity index (χ0n) is 16.7. The quantitative estimate of drug-likeness (QED) is 0.334. The zero-order valence-corrected chi connectivity index (χ0v) is 16.7. The minimum atomic E-state index is -0.948. The van der Waals surface area contributed by atoms with Gasteiger partial charge in [0.1, 0.15) is 18.2 Å². The molecule has 1 aromatic rings. The van der Waals surface area contributed by atoms with Gasteiger partial charge >= 0.3 is 6.09 Å². The second-order valence-electron chi connectivity index (χ2n) is 7.18. The topological polar surface area (TPSA) is 166 Å². The molecule has 0 unspecified atom stereocenters. The highest BCUT2D eigenvalue weighted by atomic mass is 16.6. The first kappa shape index (κ1) is 23.8. The summed E-state index contributed by atoms with van der Waals surface area (Å²) in [5, 5.41) is 18.2. The number of hydrogen-bond acceptors (Lipinski definition) is 7. The van der Waals surface area contributed by atoms with Crippen molar-refractivity contribution in [3.63, 3.8) is 0 Å². The fourth-order valence-corrected chi connectivity index (χ4v) is 2.23. The maximum atomic E-state index is 12.3. The number of rotatable bonds is 9. The second-order valence-corrected chi connectivity index (χ2v) is 7.18. The van der Waals surface area contributed by atoms with E-state index in [0.29, 0.717) is 5.56 Å². The normalized spacial score (nSPS) is 11.9. The van der Waals surface area contributed by atoms with Crippen LogP contribution in [0.4, 0.5) is 10.5 Å². The van der Waals surface area contributed by atoms with E-state index < -0.39 is 34.5 Å². The molecule has 160 valence electrons. The van der Waals surface area contributed by atoms with Gasteiger partial charge in [-0.05, 0) is 26.3 Å². The van der Waals surface area contributed by atoms with E-state index in [1.807, 2.05) is 0 Å². The van der Waals surface area contributed by atoms with Crippen LogP contribution in [-0.4, -0.2) is 54.1 Å². The molecule has 5 N–H and O–H groups in total. The maximum absolute atomic E-state index is 12.3. The van der Waals surface area contributed by atoms with E-state index in [1.54, 1.807) is 20.8 Å². The Hall–Kier alpha value is -3.21. The molecule has 0 fully saturated rings. The number of carbonyl (C=O) groups is 3. The lowest BCUT2D eigenvalue weighted by atomic mass is 10.0. The van der Waals surface area contributed by atoms with E-state index in [2.05, 4.69) is 16.0 Å². The number of nitrogens with one attached hydrogen (secondary N) is 3. The molecule has 0 heterocycles. The SMILES string of the molecule is CC(C)(C)OC(=O)NCC(=O)N[C@@H](Cc1ccc([N+](=O)[O-])cc1)C(=O)NCCN. The average molecular weight is 409 g/mol. The van der Waals surface area contributed by atoms with Crippen molar-refractivity contribution in [3.05, 3.63) is 39.9 Å². The van der Waals surface area contributed by atoms with Crippen molar-refractivity contribution < 1.29 is 24.0 Å². The van der Waals surface area contributed by atoms with Crippen LogP contribution in [0.2, 0.25) is 0 Å². The minimum Gasteiger partial charge on any atom is -0.444 e. The third kappa shape index (κ3) is 9.51. The van der Waals surface area contributed by atoms with Crippen LogP contribution in [0.1, 0.15) is 26.3 Å². The first-order valence-electron chi connectivity index (χ1n) is 8.99. The molecule has 3 amide bonds. The van der Waals surface area contributed by atoms with Gasteiger partial charge in [-0.15, -0.1) is 0 Å². The lowest BCUT2D eigenvalue weighted by Gasteiger charge is -2.21. The van der Waals surface area contributed by atoms with Gasteiger partial charge in [-0.1, -0.05) is 12.1 Å². The number of amides is 3. The van der Waals surface area contributed by atoms with E-state index in [0.717, 1.165) is 0 Å². The summed E-state index contributed by atoms with van der Waals surface area (Å²) in [6.45, 7) is 5.14. The molecule has 0 aliphatic rings. The molecule has 0 saturated heterocycles. The molecule has 0 aromatic heterocycles. The molecule has 0 bridgehead atoms. The standard InChI is InChI=1S/C18H27N5O6/c1-18(2,3)29-17(26)21-11-15(24)22-14(16(25)20-9-8-19)10-12-4-6-13(7-5-12)23(27)28/h4-7,14H,8-11,19H2,1-3H3,(H,20,25)(H,21,26)(H,22,24)/t14-/m0/s1. The Labute approximate surface area is 168 Å². The highest BCUT2D eigenvalue weighted by Gasteiger charge is 2.22. The predicted molar refractivity (Wildman–Crippen MR) is 105 cm³/mol. The molecular weight excluding hydrogens is 382 g/mol. The molecule has 29 heavy (non-hydrogen) atoms. The molecule has 0 aliphatic heterocycles. The molecular formula is C18H27N5O6. The summed E-state index contributed by atoms with van der Waals surface area (Å²) in [5.41, 5.74) is 5.21. The fourth-order valence-electron chi connectivity index (χ4n) is 2.23. The number of nitrogens with two attached hydrogens (primary N) is 1. The molecule has 11 heteroatoms. The molecule has 11 nitrogen and oxygen atoms in total. The van der Waals surface area contributed by atoms with Gasteiger partial charge in [0.05, 0.1) is 4.92 Å². The molecule has 1 atom stereocenters. The van der Waals surface area contributed by atoms with Crippen molar-refractivity contribution in [2.75, 3.05) is 19.6 Å². The summed E-state index contributed by atoms with van der Waals surface area (Å²) >= 11 is 0. The molecule has 0 radical (unpaired) electrons. The number of carbonyl (C=O) groups excluding carboxylic acids is 3. The number of hydrogen-bond donors (Lipinski definition) is 4. The van der Waals surface area contributed by atoms with Gasteiger partial charge in [-0.2, -0.15) is 0 Å². The number of nitrogens with zero attached hydrogens (tertiary/aromatic N) is 1. The summed E-state index contributed by atoms with van der Waals surface area (Å²) in [6, 6.07) is 4.70. The predicted octanol–water partition coefficient (Wildman–Crippen LogP) is 0.222. The van der Waals surface area contributed by atoms with Gasteiger partial charge in [0, 0.05) is 31.6 Å². The monoisotopic (exact) mass is 409 g/mol. The smallest absolute Gasteiger partial charge is 0.408 e. The van der Waals surface area contributed by atoms with Crippen LogP contribution in [0.25, 0.3) is 0 Å². The van der Waals surface area contributed by atoms with Gasteiger partial charge < -0.3 is 26.4 Å². The Bertz CT molecular complexity index is 729. The van der Waals surface area contributed by atoms with Crippen LogP contribution in [0.5, 0.6) is 0 Å². The summed E-state index contributed by atoms with van der Waals surface area (Å²) in [7, 11) is 0. The summed E-state index contributed by atoms with van der Waals surface area (Å²) < 4.78 is 5.04. The van der Waals surface area contributed by atoms with Crippen LogP contribution in [0.3, 0.4) is 0 Å². The van der Waals surface area contributed by atoms with E-state index in [1.165, 1.54) is 24.3 Å². The van der Waals surface area contributed by atoms with E-state index in [-0.39, 0.29) is 31.7 Å². The fraction of sp³-hybridized carbons (Fsp3) is 0.500. The van der Waals surface area contributed by atoms with E-state index in [9.17, 15) is 24.5 Å². The highest BCUT2D eigenvalue weighted by molar-refractivity contribution is 5.89. The van der Waals surface area contributed by atoms with Crippen LogP contribution in [-0.2, 0) is 20.7 Å². The molecule has 1 aromatic carbocycles. The summed E-state index contributed by atoms with van der Waals surface area (Å²) in [6.07, 6.45) is -0.654. The maximum Gasteiger partial charge on any atom is 0.408 e. The van der Waals surface area contributed by atoms with E-state index >= 15 is 0 Å². The Morgan fingerprint density at radius 1 is 1.17 bits per heavy atom. The first-order chi connectivity index (χ1) is 13.5. The molecule has 0 spiro atoms. The van der Waals surface area contributed by atoms with Crippen LogP contribution in [0, 0.1) is 10.1 Å². The van der Waals surface area contributed by atoms with Crippen molar-refractivity contribution >= 4 is 23.6 Å². The number of nitro groups is 1. The molecule has 1 rings (SSSR count). The molecule has 0 saturated carbocycles. The average Bonchev–Trinajstić information content (AvgIpc) is 2.63. The number of non-ortho nitro benzene ring substituents is 1. The number of benzene rings is 1. The first-order valence-corrected chi connectivity index (χ1v) is 8.99. The van der Waals surface area contributed by atoms with Gasteiger partial charge in [-0.3, -0.25) is 19.7 Å². The van der Waals surface area contributed by atoms with Crippen molar-refractivity contribution in [3.8, 4) is 0 Å². The van der Waals surface area contributed by atoms with Crippen molar-refractivity contribution in [2.45, 2.75) is 38.8 Å². The Morgan fingerprint density at radius 2 is 1.79 bits per heavy atom. The van der Waals surface area contributed by atoms with Gasteiger partial charge in [-0.25, -0.2) is 4.79 Å². The van der Waals surface area contributed by atoms with Crippen molar-refractivity contribution in [1.29, 1.82) is 0 Å². The van der Waals surface area contributed by atoms with Gasteiger partial charge in [0.15, 0.2) is 0 Å². The summed E-state index contributed by atoms with van der Waals surface area (Å²) in [4.78, 5) is 46.4. The lowest BCUT2D eigenvalue weighted by Crippen LogP contribution is -2.51. The zero-order chi connectivity index (χ0) is 22.0. The third-order valence-electron chi connectivity index (χ3n) is 3.47. The second kappa shape index (κ2) is 11.0.